The number of nitrogens with zero attached hydrogens (tertiary/aromatic N) is 1. The maximum atomic E-state index is 12.4. The van der Waals surface area contributed by atoms with Crippen LogP contribution in [0.3, 0.4) is 0 Å². The van der Waals surface area contributed by atoms with Crippen LogP contribution >= 0.6 is 12.4 Å². The molecule has 1 aliphatic carbocycles. The fraction of sp³-hybridized carbons (Fsp3) is 0.650. The Morgan fingerprint density at radius 2 is 1.79 bits per heavy atom. The summed E-state index contributed by atoms with van der Waals surface area (Å²) in [5, 5.41) is 3.12. The van der Waals surface area contributed by atoms with Gasteiger partial charge in [0.05, 0.1) is 0 Å². The van der Waals surface area contributed by atoms with Crippen molar-refractivity contribution in [3.8, 4) is 0 Å². The third kappa shape index (κ3) is 4.52. The van der Waals surface area contributed by atoms with Gasteiger partial charge >= 0.3 is 0 Å². The Bertz CT molecular complexity index is 538. The first-order chi connectivity index (χ1) is 11.1. The zero-order valence-electron chi connectivity index (χ0n) is 15.0. The third-order valence-corrected chi connectivity index (χ3v) is 5.73. The largest absolute Gasteiger partial charge is 0.326 e. The monoisotopic (exact) mass is 350 g/mol. The number of aryl methyl sites for hydroxylation is 2. The summed E-state index contributed by atoms with van der Waals surface area (Å²) in [6, 6.07) is 6.89. The summed E-state index contributed by atoms with van der Waals surface area (Å²) in [5.74, 6) is 1.04. The van der Waals surface area contributed by atoms with Crippen LogP contribution in [-0.2, 0) is 4.79 Å². The molecule has 134 valence electrons. The Balaban J connectivity index is 0.00000208. The molecule has 1 aliphatic heterocycles. The quantitative estimate of drug-likeness (QED) is 0.852. The van der Waals surface area contributed by atoms with Gasteiger partial charge in [0.25, 0.3) is 0 Å². The van der Waals surface area contributed by atoms with Crippen LogP contribution in [0.1, 0.15) is 56.1 Å². The molecule has 0 spiro atoms. The highest BCUT2D eigenvalue weighted by Gasteiger charge is 2.32. The summed E-state index contributed by atoms with van der Waals surface area (Å²) in [5.41, 5.74) is 3.28. The van der Waals surface area contributed by atoms with E-state index in [2.05, 4.69) is 36.2 Å². The van der Waals surface area contributed by atoms with Crippen molar-refractivity contribution >= 4 is 24.0 Å². The molecule has 1 aromatic rings. The van der Waals surface area contributed by atoms with E-state index in [1.807, 2.05) is 6.07 Å². The molecule has 1 N–H and O–H groups in total. The number of benzene rings is 1. The average Bonchev–Trinajstić information content (AvgIpc) is 2.56. The third-order valence-electron chi connectivity index (χ3n) is 5.73. The highest BCUT2D eigenvalue weighted by Crippen LogP contribution is 2.35. The van der Waals surface area contributed by atoms with Gasteiger partial charge in [-0.3, -0.25) is 9.69 Å². The van der Waals surface area contributed by atoms with Gasteiger partial charge in [0.2, 0.25) is 5.91 Å². The summed E-state index contributed by atoms with van der Waals surface area (Å²) in [6.07, 6.45) is 8.82. The number of carbonyl (C=O) groups is 1. The highest BCUT2D eigenvalue weighted by atomic mass is 35.5. The van der Waals surface area contributed by atoms with E-state index in [9.17, 15) is 4.79 Å². The molecule has 0 unspecified atom stereocenters. The van der Waals surface area contributed by atoms with Gasteiger partial charge in [0, 0.05) is 24.7 Å². The Hall–Kier alpha value is -1.06. The van der Waals surface area contributed by atoms with E-state index in [0.717, 1.165) is 35.3 Å². The van der Waals surface area contributed by atoms with Gasteiger partial charge in [-0.25, -0.2) is 0 Å². The van der Waals surface area contributed by atoms with Crippen molar-refractivity contribution in [3.63, 3.8) is 0 Å². The molecule has 2 fully saturated rings. The Labute approximate surface area is 152 Å². The maximum absolute atomic E-state index is 12.4. The van der Waals surface area contributed by atoms with Crippen LogP contribution in [0.2, 0.25) is 0 Å². The van der Waals surface area contributed by atoms with Crippen LogP contribution in [-0.4, -0.2) is 29.9 Å². The lowest BCUT2D eigenvalue weighted by Crippen LogP contribution is -2.47. The van der Waals surface area contributed by atoms with E-state index >= 15 is 0 Å². The van der Waals surface area contributed by atoms with Crippen molar-refractivity contribution in [2.45, 2.75) is 64.8 Å². The van der Waals surface area contributed by atoms with Crippen LogP contribution < -0.4 is 5.32 Å². The van der Waals surface area contributed by atoms with Gasteiger partial charge < -0.3 is 5.32 Å². The zero-order chi connectivity index (χ0) is 16.2. The van der Waals surface area contributed by atoms with E-state index in [-0.39, 0.29) is 18.3 Å². The maximum Gasteiger partial charge on any atom is 0.225 e. The summed E-state index contributed by atoms with van der Waals surface area (Å²) in [7, 11) is 0. The minimum absolute atomic E-state index is 0. The number of rotatable bonds is 4. The molecule has 1 saturated heterocycles. The van der Waals surface area contributed by atoms with Crippen molar-refractivity contribution in [2.75, 3.05) is 18.4 Å². The molecule has 0 radical (unpaired) electrons. The number of anilines is 1. The Kier molecular flexibility index (Phi) is 7.12. The van der Waals surface area contributed by atoms with Crippen molar-refractivity contribution in [1.82, 2.24) is 4.90 Å². The number of amides is 1. The van der Waals surface area contributed by atoms with Gasteiger partial charge in [0.15, 0.2) is 0 Å². The molecule has 1 saturated carbocycles. The first-order valence-electron chi connectivity index (χ1n) is 9.25. The van der Waals surface area contributed by atoms with Crippen LogP contribution in [0, 0.1) is 19.8 Å². The van der Waals surface area contributed by atoms with Crippen molar-refractivity contribution in [3.05, 3.63) is 29.3 Å². The van der Waals surface area contributed by atoms with E-state index in [4.69, 9.17) is 0 Å². The van der Waals surface area contributed by atoms with E-state index in [1.54, 1.807) is 0 Å². The number of halogens is 1. The zero-order valence-corrected chi connectivity index (χ0v) is 15.8. The minimum Gasteiger partial charge on any atom is -0.326 e. The summed E-state index contributed by atoms with van der Waals surface area (Å²) in [6.45, 7) is 6.20. The smallest absolute Gasteiger partial charge is 0.225 e. The van der Waals surface area contributed by atoms with Crippen LogP contribution in [0.25, 0.3) is 0 Å². The van der Waals surface area contributed by atoms with Crippen molar-refractivity contribution in [1.29, 1.82) is 0 Å². The predicted octanol–water partition coefficient (Wildman–Crippen LogP) is 4.71. The SMILES string of the molecule is Cc1cccc(C)c1NC(=O)CCN1CCC[C@H]2CCCC[C@H]21.Cl. The van der Waals surface area contributed by atoms with E-state index in [1.165, 1.54) is 45.1 Å². The Morgan fingerprint density at radius 1 is 1.12 bits per heavy atom. The summed E-state index contributed by atoms with van der Waals surface area (Å²) < 4.78 is 0. The lowest BCUT2D eigenvalue weighted by Gasteiger charge is -2.44. The topological polar surface area (TPSA) is 32.3 Å². The molecular weight excluding hydrogens is 320 g/mol. The van der Waals surface area contributed by atoms with Crippen LogP contribution in [0.15, 0.2) is 18.2 Å². The second-order valence-corrected chi connectivity index (χ2v) is 7.36. The fourth-order valence-electron chi connectivity index (χ4n) is 4.46. The normalized spacial score (nSPS) is 23.9. The number of fused-ring (bicyclic) bond motifs is 1. The molecule has 3 nitrogen and oxygen atoms in total. The number of nitrogens with one attached hydrogen (secondary N) is 1. The standard InChI is InChI=1S/C20H30N2O.ClH/c1-15-7-5-8-16(2)20(15)21-19(23)12-14-22-13-6-10-17-9-3-4-11-18(17)22;/h5,7-8,17-18H,3-4,6,9-14H2,1-2H3,(H,21,23);1H/t17-,18-;/m1./s1. The van der Waals surface area contributed by atoms with Crippen LogP contribution in [0.5, 0.6) is 0 Å². The highest BCUT2D eigenvalue weighted by molar-refractivity contribution is 5.92. The lowest BCUT2D eigenvalue weighted by atomic mass is 9.78. The van der Waals surface area contributed by atoms with Crippen LogP contribution in [0.4, 0.5) is 5.69 Å². The number of para-hydroxylation sites is 1. The van der Waals surface area contributed by atoms with Gasteiger partial charge in [0.1, 0.15) is 0 Å². The van der Waals surface area contributed by atoms with Gasteiger partial charge in [-0.1, -0.05) is 31.0 Å². The van der Waals surface area contributed by atoms with Crippen molar-refractivity contribution < 1.29 is 4.79 Å². The molecule has 4 heteroatoms. The minimum atomic E-state index is 0. The summed E-state index contributed by atoms with van der Waals surface area (Å²) in [4.78, 5) is 15.0. The first kappa shape index (κ1) is 19.3. The molecule has 1 aromatic carbocycles. The Morgan fingerprint density at radius 3 is 2.54 bits per heavy atom. The number of hydrogen-bond acceptors (Lipinski definition) is 2. The molecule has 2 atom stereocenters. The van der Waals surface area contributed by atoms with Gasteiger partial charge in [-0.2, -0.15) is 0 Å². The average molecular weight is 351 g/mol. The molecule has 1 heterocycles. The van der Waals surface area contributed by atoms with E-state index in [0.29, 0.717) is 6.42 Å². The molecule has 24 heavy (non-hydrogen) atoms. The van der Waals surface area contributed by atoms with Crippen molar-refractivity contribution in [2.24, 2.45) is 5.92 Å². The molecular formula is C20H31ClN2O. The molecule has 0 bridgehead atoms. The summed E-state index contributed by atoms with van der Waals surface area (Å²) >= 11 is 0. The molecule has 3 rings (SSSR count). The number of piperidine rings is 1. The molecule has 2 aliphatic rings. The lowest BCUT2D eigenvalue weighted by molar-refractivity contribution is -0.116. The molecule has 0 aromatic heterocycles. The fourth-order valence-corrected chi connectivity index (χ4v) is 4.46. The predicted molar refractivity (Wildman–Crippen MR) is 103 cm³/mol. The molecule has 1 amide bonds. The first-order valence-corrected chi connectivity index (χ1v) is 9.25. The van der Waals surface area contributed by atoms with Gasteiger partial charge in [-0.05, 0) is 63.1 Å². The number of likely N-dealkylation sites (tertiary alicyclic amines) is 1. The van der Waals surface area contributed by atoms with Gasteiger partial charge in [-0.15, -0.1) is 12.4 Å². The van der Waals surface area contributed by atoms with E-state index < -0.39 is 0 Å². The second-order valence-electron chi connectivity index (χ2n) is 7.36. The second kappa shape index (κ2) is 8.87. The number of carbonyl (C=O) groups excluding carboxylic acids is 1. The number of hydrogen-bond donors (Lipinski definition) is 1.